The van der Waals surface area contributed by atoms with Gasteiger partial charge in [0.25, 0.3) is 0 Å². The van der Waals surface area contributed by atoms with Crippen LogP contribution in [-0.2, 0) is 6.80 Å². The number of halogens is 3. The molecular weight excluding hydrogens is 481 g/mol. The van der Waals surface area contributed by atoms with Gasteiger partial charge in [-0.05, 0) is 24.1 Å². The van der Waals surface area contributed by atoms with E-state index in [-0.39, 0.29) is 17.8 Å². The number of pyridine rings is 1. The fraction of sp³-hybridized carbons (Fsp3) is 0.407. The van der Waals surface area contributed by atoms with Gasteiger partial charge < -0.3 is 9.64 Å². The predicted octanol–water partition coefficient (Wildman–Crippen LogP) is 5.90. The molecule has 1 atom stereocenters. The fourth-order valence-electron chi connectivity index (χ4n) is 4.46. The Bertz CT molecular complexity index is 1400. The number of nitrogens with zero attached hydrogens (tertiary/aromatic N) is 6. The Kier molecular flexibility index (Phi) is 6.99. The fourth-order valence-corrected chi connectivity index (χ4v) is 4.46. The first-order valence-electron chi connectivity index (χ1n) is 12.5. The van der Waals surface area contributed by atoms with Crippen molar-refractivity contribution in [3.8, 4) is 17.0 Å². The molecule has 10 heteroatoms. The lowest BCUT2D eigenvalue weighted by molar-refractivity contribution is 0.163. The molecule has 4 heterocycles. The molecule has 1 saturated heterocycles. The first-order valence-corrected chi connectivity index (χ1v) is 12.5. The van der Waals surface area contributed by atoms with Gasteiger partial charge in [-0.3, -0.25) is 4.98 Å². The van der Waals surface area contributed by atoms with E-state index in [0.717, 1.165) is 11.8 Å². The molecule has 1 aliphatic rings. The summed E-state index contributed by atoms with van der Waals surface area (Å²) in [5.41, 5.74) is 3.62. The molecule has 194 valence electrons. The summed E-state index contributed by atoms with van der Waals surface area (Å²) in [7, 11) is 0. The van der Waals surface area contributed by atoms with Crippen molar-refractivity contribution < 1.29 is 17.9 Å². The number of hydrogen-bond donors (Lipinski definition) is 0. The largest absolute Gasteiger partial charge is 0.487 e. The summed E-state index contributed by atoms with van der Waals surface area (Å²) in [6.07, 6.45) is 5.97. The molecule has 1 aliphatic heterocycles. The molecule has 5 rings (SSSR count). The van der Waals surface area contributed by atoms with E-state index in [9.17, 15) is 13.2 Å². The summed E-state index contributed by atoms with van der Waals surface area (Å²) in [6.45, 7) is 6.89. The van der Waals surface area contributed by atoms with Crippen LogP contribution in [0.2, 0.25) is 0 Å². The molecule has 0 radical (unpaired) electrons. The molecule has 7 nitrogen and oxygen atoms in total. The van der Waals surface area contributed by atoms with Crippen LogP contribution in [0.4, 0.5) is 19.0 Å². The number of ether oxygens (including phenoxy) is 1. The molecule has 0 N–H and O–H groups in total. The normalized spacial score (nSPS) is 15.5. The molecule has 0 saturated carbocycles. The summed E-state index contributed by atoms with van der Waals surface area (Å²) in [5.74, 6) is 0.0259. The Hall–Kier alpha value is -3.69. The highest BCUT2D eigenvalue weighted by Gasteiger charge is 2.26. The van der Waals surface area contributed by atoms with Gasteiger partial charge in [0.15, 0.2) is 24.2 Å². The quantitative estimate of drug-likeness (QED) is 0.308. The highest BCUT2D eigenvalue weighted by molar-refractivity contribution is 5.83. The molecule has 4 aromatic rings. The van der Waals surface area contributed by atoms with Crippen LogP contribution in [-0.4, -0.2) is 43.9 Å². The monoisotopic (exact) mass is 510 g/mol. The summed E-state index contributed by atoms with van der Waals surface area (Å²) in [4.78, 5) is 16.6. The number of alkyl halides is 1. The number of fused-ring (bicyclic) bond motifs is 1. The highest BCUT2D eigenvalue weighted by atomic mass is 19.1. The molecule has 37 heavy (non-hydrogen) atoms. The molecule has 0 spiro atoms. The van der Waals surface area contributed by atoms with Gasteiger partial charge in [-0.15, -0.1) is 0 Å². The Morgan fingerprint density at radius 3 is 2.49 bits per heavy atom. The van der Waals surface area contributed by atoms with Gasteiger partial charge in [0.05, 0.1) is 17.9 Å². The third-order valence-electron chi connectivity index (χ3n) is 6.98. The maximum atomic E-state index is 14.1. The Balaban J connectivity index is 1.44. The zero-order valence-electron chi connectivity index (χ0n) is 21.0. The first kappa shape index (κ1) is 25.0. The standard InChI is InChI=1S/C27H29F3N6O/c1-16(2)17(3)22-11-23-24(13-31-22)34-27(26(33-23)18-12-32-36(14-18)15-28)35-8-6-20(7-9-35)37-25-5-4-19(29)10-21(25)30/h4-5,10-14,16-17,20H,6-9,15H2,1-3H3. The first-order chi connectivity index (χ1) is 17.8. The number of anilines is 1. The van der Waals surface area contributed by atoms with Crippen LogP contribution in [0.25, 0.3) is 22.3 Å². The molecule has 0 amide bonds. The van der Waals surface area contributed by atoms with E-state index in [1.165, 1.54) is 16.8 Å². The summed E-state index contributed by atoms with van der Waals surface area (Å²) < 4.78 is 47.5. The minimum atomic E-state index is -0.737. The van der Waals surface area contributed by atoms with Crippen molar-refractivity contribution in [3.63, 3.8) is 0 Å². The average molecular weight is 511 g/mol. The van der Waals surface area contributed by atoms with Crippen molar-refractivity contribution in [2.75, 3.05) is 18.0 Å². The van der Waals surface area contributed by atoms with Gasteiger partial charge in [0, 0.05) is 55.4 Å². The van der Waals surface area contributed by atoms with Crippen LogP contribution in [0.1, 0.15) is 45.2 Å². The van der Waals surface area contributed by atoms with Crippen molar-refractivity contribution in [1.82, 2.24) is 24.7 Å². The van der Waals surface area contributed by atoms with E-state index < -0.39 is 18.4 Å². The number of benzene rings is 1. The third-order valence-corrected chi connectivity index (χ3v) is 6.98. The third kappa shape index (κ3) is 5.23. The second-order valence-corrected chi connectivity index (χ2v) is 9.79. The van der Waals surface area contributed by atoms with Gasteiger partial charge in [-0.1, -0.05) is 20.8 Å². The highest BCUT2D eigenvalue weighted by Crippen LogP contribution is 2.33. The number of piperidine rings is 1. The van der Waals surface area contributed by atoms with Crippen LogP contribution in [0.15, 0.2) is 42.9 Å². The second-order valence-electron chi connectivity index (χ2n) is 9.79. The van der Waals surface area contributed by atoms with Gasteiger partial charge in [-0.2, -0.15) is 5.10 Å². The second kappa shape index (κ2) is 10.4. The summed E-state index contributed by atoms with van der Waals surface area (Å²) in [5, 5.41) is 4.08. The van der Waals surface area contributed by atoms with Crippen LogP contribution in [0.5, 0.6) is 5.75 Å². The zero-order valence-corrected chi connectivity index (χ0v) is 21.0. The topological polar surface area (TPSA) is 69.0 Å². The van der Waals surface area contributed by atoms with E-state index in [0.29, 0.717) is 60.0 Å². The molecule has 1 unspecified atom stereocenters. The van der Waals surface area contributed by atoms with E-state index in [4.69, 9.17) is 14.7 Å². The minimum Gasteiger partial charge on any atom is -0.487 e. The lowest BCUT2D eigenvalue weighted by Crippen LogP contribution is -2.39. The van der Waals surface area contributed by atoms with Crippen molar-refractivity contribution in [1.29, 1.82) is 0 Å². The molecule has 0 aliphatic carbocycles. The number of rotatable bonds is 7. The predicted molar refractivity (Wildman–Crippen MR) is 135 cm³/mol. The van der Waals surface area contributed by atoms with Crippen molar-refractivity contribution in [2.24, 2.45) is 5.92 Å². The van der Waals surface area contributed by atoms with Crippen molar-refractivity contribution in [3.05, 3.63) is 60.2 Å². The van der Waals surface area contributed by atoms with E-state index >= 15 is 0 Å². The lowest BCUT2D eigenvalue weighted by Gasteiger charge is -2.33. The molecule has 0 bridgehead atoms. The molecule has 3 aromatic heterocycles. The van der Waals surface area contributed by atoms with Crippen molar-refractivity contribution in [2.45, 2.75) is 52.4 Å². The van der Waals surface area contributed by atoms with Crippen LogP contribution >= 0.6 is 0 Å². The van der Waals surface area contributed by atoms with Crippen LogP contribution < -0.4 is 9.64 Å². The van der Waals surface area contributed by atoms with Gasteiger partial charge in [-0.25, -0.2) is 27.8 Å². The van der Waals surface area contributed by atoms with Crippen LogP contribution in [0.3, 0.4) is 0 Å². The Morgan fingerprint density at radius 1 is 1.03 bits per heavy atom. The van der Waals surface area contributed by atoms with Gasteiger partial charge in [0.1, 0.15) is 23.1 Å². The van der Waals surface area contributed by atoms with Crippen molar-refractivity contribution >= 4 is 16.9 Å². The number of hydrogen-bond acceptors (Lipinski definition) is 6. The van der Waals surface area contributed by atoms with Crippen LogP contribution in [0, 0.1) is 17.6 Å². The average Bonchev–Trinajstić information content (AvgIpc) is 3.38. The SMILES string of the molecule is CC(C)C(C)c1cc2nc(-c3cnn(CF)c3)c(N3CCC(Oc4ccc(F)cc4F)CC3)nc2cn1. The van der Waals surface area contributed by atoms with E-state index in [1.54, 1.807) is 18.6 Å². The minimum absolute atomic E-state index is 0.0437. The van der Waals surface area contributed by atoms with Gasteiger partial charge >= 0.3 is 0 Å². The Morgan fingerprint density at radius 2 is 1.81 bits per heavy atom. The van der Waals surface area contributed by atoms with E-state index in [2.05, 4.69) is 35.8 Å². The van der Waals surface area contributed by atoms with Gasteiger partial charge in [0.2, 0.25) is 0 Å². The Labute approximate surface area is 213 Å². The number of aromatic nitrogens is 5. The lowest BCUT2D eigenvalue weighted by atomic mass is 9.94. The molecular formula is C27H29F3N6O. The smallest absolute Gasteiger partial charge is 0.181 e. The molecule has 1 fully saturated rings. The maximum absolute atomic E-state index is 14.1. The van der Waals surface area contributed by atoms with E-state index in [1.807, 2.05) is 6.07 Å². The zero-order chi connectivity index (χ0) is 26.1. The molecule has 1 aromatic carbocycles. The summed E-state index contributed by atoms with van der Waals surface area (Å²) in [6, 6.07) is 5.29. The maximum Gasteiger partial charge on any atom is 0.181 e. The summed E-state index contributed by atoms with van der Waals surface area (Å²) >= 11 is 0.